The first kappa shape index (κ1) is 19.9. The van der Waals surface area contributed by atoms with Crippen molar-refractivity contribution in [3.05, 3.63) is 0 Å². The van der Waals surface area contributed by atoms with Gasteiger partial charge in [-0.05, 0) is 12.8 Å². The van der Waals surface area contributed by atoms with Gasteiger partial charge in [0.15, 0.2) is 0 Å². The summed E-state index contributed by atoms with van der Waals surface area (Å²) in [6, 6.07) is 0.719. The van der Waals surface area contributed by atoms with Gasteiger partial charge in [-0.25, -0.2) is 0 Å². The number of nitrogens with one attached hydrogen (secondary N) is 1. The molecule has 5 N–H and O–H groups in total. The third-order valence-corrected chi connectivity index (χ3v) is 4.86. The molecule has 0 aromatic rings. The largest absolute Gasteiger partial charge is 0.329 e. The van der Waals surface area contributed by atoms with Crippen molar-refractivity contribution in [1.82, 2.24) is 10.2 Å². The lowest BCUT2D eigenvalue weighted by molar-refractivity contribution is 0.277. The standard InChI is InChI=1S/C18H40N4/c19-12-15-22(16-13-20)17-14-21-18-10-8-6-4-2-1-3-5-7-9-11-18/h18,21H,1-17,19-20H2. The number of rotatable bonds is 8. The summed E-state index contributed by atoms with van der Waals surface area (Å²) in [6.45, 7) is 5.52. The fourth-order valence-electron chi connectivity index (χ4n) is 3.49. The van der Waals surface area contributed by atoms with Crippen molar-refractivity contribution < 1.29 is 0 Å². The molecule has 0 atom stereocenters. The Hall–Kier alpha value is -0.160. The molecule has 4 heteroatoms. The summed E-state index contributed by atoms with van der Waals surface area (Å²) < 4.78 is 0. The van der Waals surface area contributed by atoms with Crippen molar-refractivity contribution in [3.8, 4) is 0 Å². The van der Waals surface area contributed by atoms with Gasteiger partial charge in [-0.3, -0.25) is 4.90 Å². The Morgan fingerprint density at radius 2 is 1.14 bits per heavy atom. The fraction of sp³-hybridized carbons (Fsp3) is 1.00. The van der Waals surface area contributed by atoms with Crippen molar-refractivity contribution in [2.24, 2.45) is 11.5 Å². The van der Waals surface area contributed by atoms with Crippen molar-refractivity contribution in [2.75, 3.05) is 39.3 Å². The average Bonchev–Trinajstić information content (AvgIpc) is 2.50. The maximum Gasteiger partial charge on any atom is 0.0108 e. The minimum Gasteiger partial charge on any atom is -0.329 e. The average molecular weight is 313 g/mol. The highest BCUT2D eigenvalue weighted by molar-refractivity contribution is 4.70. The molecule has 0 saturated heterocycles. The monoisotopic (exact) mass is 312 g/mol. The number of nitrogens with two attached hydrogens (primary N) is 2. The maximum absolute atomic E-state index is 5.67. The molecule has 0 aromatic heterocycles. The summed E-state index contributed by atoms with van der Waals surface area (Å²) in [5.41, 5.74) is 11.3. The van der Waals surface area contributed by atoms with E-state index in [1.807, 2.05) is 0 Å². The molecule has 0 bridgehead atoms. The summed E-state index contributed by atoms with van der Waals surface area (Å²) in [4.78, 5) is 2.38. The SMILES string of the molecule is NCCN(CCN)CCNC1CCCCCCCCCCC1. The minimum atomic E-state index is 0.719. The molecular weight excluding hydrogens is 272 g/mol. The third kappa shape index (κ3) is 10.5. The molecule has 132 valence electrons. The Labute approximate surface area is 138 Å². The lowest BCUT2D eigenvalue weighted by atomic mass is 9.98. The van der Waals surface area contributed by atoms with Gasteiger partial charge in [-0.15, -0.1) is 0 Å². The first-order chi connectivity index (χ1) is 10.9. The molecule has 1 saturated carbocycles. The van der Waals surface area contributed by atoms with Crippen LogP contribution in [0.2, 0.25) is 0 Å². The Kier molecular flexibility index (Phi) is 13.0. The molecule has 0 radical (unpaired) electrons. The van der Waals surface area contributed by atoms with Crippen LogP contribution in [-0.4, -0.2) is 50.2 Å². The number of hydrogen-bond acceptors (Lipinski definition) is 4. The van der Waals surface area contributed by atoms with Gasteiger partial charge in [0.2, 0.25) is 0 Å². The van der Waals surface area contributed by atoms with Gasteiger partial charge in [0, 0.05) is 45.3 Å². The first-order valence-corrected chi connectivity index (χ1v) is 9.72. The van der Waals surface area contributed by atoms with E-state index >= 15 is 0 Å². The quantitative estimate of drug-likeness (QED) is 0.644. The van der Waals surface area contributed by atoms with E-state index in [-0.39, 0.29) is 0 Å². The maximum atomic E-state index is 5.67. The van der Waals surface area contributed by atoms with Gasteiger partial charge in [0.05, 0.1) is 0 Å². The molecule has 0 amide bonds. The molecule has 1 aliphatic rings. The van der Waals surface area contributed by atoms with Crippen LogP contribution in [0, 0.1) is 0 Å². The molecule has 1 rings (SSSR count). The summed E-state index contributed by atoms with van der Waals surface area (Å²) in [5.74, 6) is 0. The van der Waals surface area contributed by atoms with Crippen LogP contribution in [0.5, 0.6) is 0 Å². The second-order valence-electron chi connectivity index (χ2n) is 6.83. The van der Waals surface area contributed by atoms with E-state index in [1.165, 1.54) is 70.6 Å². The molecule has 0 aromatic carbocycles. The normalized spacial score (nSPS) is 19.8. The molecule has 0 spiro atoms. The summed E-state index contributed by atoms with van der Waals surface area (Å²) in [5, 5.41) is 3.80. The van der Waals surface area contributed by atoms with Crippen LogP contribution in [0.1, 0.15) is 70.6 Å². The van der Waals surface area contributed by atoms with Crippen LogP contribution < -0.4 is 16.8 Å². The second kappa shape index (κ2) is 14.4. The Morgan fingerprint density at radius 3 is 1.59 bits per heavy atom. The van der Waals surface area contributed by atoms with Crippen LogP contribution in [-0.2, 0) is 0 Å². The van der Waals surface area contributed by atoms with Crippen LogP contribution in [0.4, 0.5) is 0 Å². The topological polar surface area (TPSA) is 67.3 Å². The zero-order valence-electron chi connectivity index (χ0n) is 14.7. The summed E-state index contributed by atoms with van der Waals surface area (Å²) in [6.07, 6.45) is 15.6. The van der Waals surface area contributed by atoms with Gasteiger partial charge in [-0.2, -0.15) is 0 Å². The van der Waals surface area contributed by atoms with Gasteiger partial charge in [-0.1, -0.05) is 57.8 Å². The molecule has 22 heavy (non-hydrogen) atoms. The van der Waals surface area contributed by atoms with E-state index < -0.39 is 0 Å². The van der Waals surface area contributed by atoms with Crippen LogP contribution in [0.3, 0.4) is 0 Å². The number of nitrogens with zero attached hydrogens (tertiary/aromatic N) is 1. The van der Waals surface area contributed by atoms with E-state index in [4.69, 9.17) is 11.5 Å². The zero-order valence-corrected chi connectivity index (χ0v) is 14.7. The summed E-state index contributed by atoms with van der Waals surface area (Å²) >= 11 is 0. The first-order valence-electron chi connectivity index (χ1n) is 9.72. The van der Waals surface area contributed by atoms with Crippen LogP contribution >= 0.6 is 0 Å². The highest BCUT2D eigenvalue weighted by atomic mass is 15.1. The second-order valence-corrected chi connectivity index (χ2v) is 6.83. The lowest BCUT2D eigenvalue weighted by Gasteiger charge is -2.24. The Balaban J connectivity index is 2.23. The summed E-state index contributed by atoms with van der Waals surface area (Å²) in [7, 11) is 0. The molecule has 0 heterocycles. The predicted molar refractivity (Wildman–Crippen MR) is 97.1 cm³/mol. The van der Waals surface area contributed by atoms with Gasteiger partial charge in [0.25, 0.3) is 0 Å². The zero-order chi connectivity index (χ0) is 15.9. The minimum absolute atomic E-state index is 0.719. The van der Waals surface area contributed by atoms with E-state index in [1.54, 1.807) is 0 Å². The third-order valence-electron chi connectivity index (χ3n) is 4.86. The molecule has 0 unspecified atom stereocenters. The van der Waals surface area contributed by atoms with Crippen molar-refractivity contribution >= 4 is 0 Å². The fourth-order valence-corrected chi connectivity index (χ4v) is 3.49. The molecule has 4 nitrogen and oxygen atoms in total. The predicted octanol–water partition coefficient (Wildman–Crippen LogP) is 2.47. The molecule has 1 fully saturated rings. The van der Waals surface area contributed by atoms with Crippen LogP contribution in [0.25, 0.3) is 0 Å². The van der Waals surface area contributed by atoms with E-state index in [0.717, 1.165) is 45.3 Å². The van der Waals surface area contributed by atoms with E-state index in [9.17, 15) is 0 Å². The van der Waals surface area contributed by atoms with Crippen molar-refractivity contribution in [2.45, 2.75) is 76.7 Å². The van der Waals surface area contributed by atoms with Crippen LogP contribution in [0.15, 0.2) is 0 Å². The molecule has 0 aliphatic heterocycles. The van der Waals surface area contributed by atoms with Crippen molar-refractivity contribution in [1.29, 1.82) is 0 Å². The lowest BCUT2D eigenvalue weighted by Crippen LogP contribution is -2.41. The Morgan fingerprint density at radius 1 is 0.682 bits per heavy atom. The van der Waals surface area contributed by atoms with Crippen molar-refractivity contribution in [3.63, 3.8) is 0 Å². The van der Waals surface area contributed by atoms with E-state index in [0.29, 0.717) is 0 Å². The number of hydrogen-bond donors (Lipinski definition) is 3. The molecule has 1 aliphatic carbocycles. The van der Waals surface area contributed by atoms with E-state index in [2.05, 4.69) is 10.2 Å². The smallest absolute Gasteiger partial charge is 0.0108 e. The Bertz CT molecular complexity index is 217. The van der Waals surface area contributed by atoms with Gasteiger partial charge in [0.1, 0.15) is 0 Å². The van der Waals surface area contributed by atoms with Gasteiger partial charge < -0.3 is 16.8 Å². The highest BCUT2D eigenvalue weighted by Crippen LogP contribution is 2.16. The molecular formula is C18H40N4. The highest BCUT2D eigenvalue weighted by Gasteiger charge is 2.10. The van der Waals surface area contributed by atoms with Gasteiger partial charge >= 0.3 is 0 Å².